The Morgan fingerprint density at radius 3 is 2.44 bits per heavy atom. The quantitative estimate of drug-likeness (QED) is 0.846. The van der Waals surface area contributed by atoms with Crippen molar-refractivity contribution in [3.63, 3.8) is 0 Å². The monoisotopic (exact) mass is 274 g/mol. The molecule has 0 bridgehead atoms. The van der Waals surface area contributed by atoms with Crippen LogP contribution in [-0.4, -0.2) is 37.6 Å². The number of nitrogens with zero attached hydrogens (tertiary/aromatic N) is 1. The molecule has 18 heavy (non-hydrogen) atoms. The van der Waals surface area contributed by atoms with Gasteiger partial charge in [0.1, 0.15) is 0 Å². The van der Waals surface area contributed by atoms with Gasteiger partial charge < -0.3 is 10.2 Å². The van der Waals surface area contributed by atoms with Crippen molar-refractivity contribution in [2.75, 3.05) is 26.7 Å². The molecule has 0 amide bonds. The average Bonchev–Trinajstić information content (AvgIpc) is 2.40. The molecule has 0 aromatic heterocycles. The first kappa shape index (κ1) is 16.3. The minimum Gasteiger partial charge on any atom is -0.316 e. The molecule has 1 aliphatic heterocycles. The lowest BCUT2D eigenvalue weighted by Crippen LogP contribution is -2.43. The number of rotatable bonds is 4. The van der Waals surface area contributed by atoms with Gasteiger partial charge in [-0.2, -0.15) is 0 Å². The molecular formula is C15H31ClN2. The summed E-state index contributed by atoms with van der Waals surface area (Å²) >= 11 is 0. The highest BCUT2D eigenvalue weighted by Crippen LogP contribution is 2.29. The van der Waals surface area contributed by atoms with Crippen LogP contribution in [0.4, 0.5) is 0 Å². The topological polar surface area (TPSA) is 15.3 Å². The molecule has 2 rings (SSSR count). The second-order valence-electron chi connectivity index (χ2n) is 6.29. The third kappa shape index (κ3) is 4.71. The molecule has 1 heterocycles. The molecule has 2 unspecified atom stereocenters. The molecule has 1 N–H and O–H groups in total. The molecule has 2 fully saturated rings. The van der Waals surface area contributed by atoms with Crippen LogP contribution in [0.1, 0.15) is 51.9 Å². The standard InChI is InChI=1S/C15H30N2.ClH/c1-13(15-8-4-3-5-9-15)17(2)12-14-7-6-10-16-11-14;/h13-16H,3-12H2,1-2H3;1H. The summed E-state index contributed by atoms with van der Waals surface area (Å²) < 4.78 is 0. The molecule has 1 saturated heterocycles. The highest BCUT2D eigenvalue weighted by atomic mass is 35.5. The van der Waals surface area contributed by atoms with Gasteiger partial charge in [0.2, 0.25) is 0 Å². The molecule has 2 aliphatic rings. The molecule has 2 atom stereocenters. The van der Waals surface area contributed by atoms with Gasteiger partial charge in [0, 0.05) is 12.6 Å². The maximum Gasteiger partial charge on any atom is 0.00922 e. The predicted octanol–water partition coefficient (Wildman–Crippen LogP) is 3.31. The molecule has 0 spiro atoms. The SMILES string of the molecule is CC(C1CCCCC1)N(C)CC1CCCNC1.Cl. The second kappa shape index (κ2) is 8.39. The van der Waals surface area contributed by atoms with Gasteiger partial charge in [0.05, 0.1) is 0 Å². The second-order valence-corrected chi connectivity index (χ2v) is 6.29. The fourth-order valence-corrected chi connectivity index (χ4v) is 3.63. The number of nitrogens with one attached hydrogen (secondary N) is 1. The van der Waals surface area contributed by atoms with Crippen LogP contribution in [0.5, 0.6) is 0 Å². The first-order chi connectivity index (χ1) is 8.27. The Morgan fingerprint density at radius 2 is 1.83 bits per heavy atom. The normalized spacial score (nSPS) is 27.8. The predicted molar refractivity (Wildman–Crippen MR) is 81.5 cm³/mol. The smallest absolute Gasteiger partial charge is 0.00922 e. The largest absolute Gasteiger partial charge is 0.316 e. The highest BCUT2D eigenvalue weighted by Gasteiger charge is 2.25. The lowest BCUT2D eigenvalue weighted by molar-refractivity contribution is 0.131. The summed E-state index contributed by atoms with van der Waals surface area (Å²) in [5.41, 5.74) is 0. The van der Waals surface area contributed by atoms with Crippen LogP contribution < -0.4 is 5.32 Å². The average molecular weight is 275 g/mol. The first-order valence-corrected chi connectivity index (χ1v) is 7.68. The molecule has 108 valence electrons. The van der Waals surface area contributed by atoms with Gasteiger partial charge in [-0.3, -0.25) is 0 Å². The zero-order valence-electron chi connectivity index (χ0n) is 12.2. The minimum absolute atomic E-state index is 0. The summed E-state index contributed by atoms with van der Waals surface area (Å²) in [4.78, 5) is 2.63. The molecule has 3 heteroatoms. The molecule has 0 radical (unpaired) electrons. The Kier molecular flexibility index (Phi) is 7.59. The van der Waals surface area contributed by atoms with E-state index in [0.29, 0.717) is 0 Å². The van der Waals surface area contributed by atoms with Crippen LogP contribution in [0.3, 0.4) is 0 Å². The molecule has 1 saturated carbocycles. The molecule has 0 aromatic carbocycles. The fourth-order valence-electron chi connectivity index (χ4n) is 3.63. The Morgan fingerprint density at radius 1 is 1.11 bits per heavy atom. The third-order valence-corrected chi connectivity index (χ3v) is 4.97. The molecule has 1 aliphatic carbocycles. The Balaban J connectivity index is 0.00000162. The summed E-state index contributed by atoms with van der Waals surface area (Å²) in [5.74, 6) is 1.85. The van der Waals surface area contributed by atoms with Crippen LogP contribution in [0.25, 0.3) is 0 Å². The van der Waals surface area contributed by atoms with Crippen molar-refractivity contribution < 1.29 is 0 Å². The maximum absolute atomic E-state index is 3.53. The number of hydrogen-bond acceptors (Lipinski definition) is 2. The van der Waals surface area contributed by atoms with Crippen molar-refractivity contribution in [1.82, 2.24) is 10.2 Å². The molecule has 2 nitrogen and oxygen atoms in total. The van der Waals surface area contributed by atoms with E-state index in [9.17, 15) is 0 Å². The van der Waals surface area contributed by atoms with E-state index in [1.165, 1.54) is 64.6 Å². The number of piperidine rings is 1. The van der Waals surface area contributed by atoms with Gasteiger partial charge in [-0.25, -0.2) is 0 Å². The van der Waals surface area contributed by atoms with Gasteiger partial charge in [-0.15, -0.1) is 12.4 Å². The maximum atomic E-state index is 3.53. The van der Waals surface area contributed by atoms with Gasteiger partial charge >= 0.3 is 0 Å². The van der Waals surface area contributed by atoms with Crippen LogP contribution in [-0.2, 0) is 0 Å². The zero-order chi connectivity index (χ0) is 12.1. The summed E-state index contributed by atoms with van der Waals surface area (Å²) in [7, 11) is 2.34. The lowest BCUT2D eigenvalue weighted by Gasteiger charge is -2.37. The van der Waals surface area contributed by atoms with Gasteiger partial charge in [-0.1, -0.05) is 19.3 Å². The van der Waals surface area contributed by atoms with Crippen molar-refractivity contribution in [3.8, 4) is 0 Å². The van der Waals surface area contributed by atoms with Gasteiger partial charge in [0.25, 0.3) is 0 Å². The van der Waals surface area contributed by atoms with Crippen LogP contribution >= 0.6 is 12.4 Å². The summed E-state index contributed by atoms with van der Waals surface area (Å²) in [6, 6.07) is 0.789. The van der Waals surface area contributed by atoms with E-state index >= 15 is 0 Å². The van der Waals surface area contributed by atoms with Gasteiger partial charge in [0.15, 0.2) is 0 Å². The van der Waals surface area contributed by atoms with E-state index in [4.69, 9.17) is 0 Å². The van der Waals surface area contributed by atoms with Crippen LogP contribution in [0, 0.1) is 11.8 Å². The Hall–Kier alpha value is 0.210. The first-order valence-electron chi connectivity index (χ1n) is 7.68. The van der Waals surface area contributed by atoms with E-state index < -0.39 is 0 Å². The van der Waals surface area contributed by atoms with Crippen molar-refractivity contribution in [3.05, 3.63) is 0 Å². The Bertz CT molecular complexity index is 211. The number of halogens is 1. The molecular weight excluding hydrogens is 244 g/mol. The third-order valence-electron chi connectivity index (χ3n) is 4.97. The zero-order valence-corrected chi connectivity index (χ0v) is 13.0. The van der Waals surface area contributed by atoms with Crippen molar-refractivity contribution in [2.24, 2.45) is 11.8 Å². The summed E-state index contributed by atoms with van der Waals surface area (Å²) in [5, 5.41) is 3.53. The van der Waals surface area contributed by atoms with Crippen molar-refractivity contribution in [1.29, 1.82) is 0 Å². The summed E-state index contributed by atoms with van der Waals surface area (Å²) in [6.45, 7) is 6.22. The van der Waals surface area contributed by atoms with Crippen LogP contribution in [0.15, 0.2) is 0 Å². The number of hydrogen-bond donors (Lipinski definition) is 1. The van der Waals surface area contributed by atoms with Gasteiger partial charge in [-0.05, 0) is 64.6 Å². The Labute approximate surface area is 119 Å². The minimum atomic E-state index is 0. The molecule has 0 aromatic rings. The van der Waals surface area contributed by atoms with E-state index in [2.05, 4.69) is 24.2 Å². The van der Waals surface area contributed by atoms with E-state index in [1.807, 2.05) is 0 Å². The highest BCUT2D eigenvalue weighted by molar-refractivity contribution is 5.85. The summed E-state index contributed by atoms with van der Waals surface area (Å²) in [6.07, 6.45) is 10.1. The lowest BCUT2D eigenvalue weighted by atomic mass is 9.83. The van der Waals surface area contributed by atoms with Crippen molar-refractivity contribution in [2.45, 2.75) is 57.9 Å². The van der Waals surface area contributed by atoms with E-state index in [1.54, 1.807) is 0 Å². The van der Waals surface area contributed by atoms with E-state index in [0.717, 1.165) is 17.9 Å². The fraction of sp³-hybridized carbons (Fsp3) is 1.00. The van der Waals surface area contributed by atoms with Crippen molar-refractivity contribution >= 4 is 12.4 Å². The van der Waals surface area contributed by atoms with Crippen LogP contribution in [0.2, 0.25) is 0 Å². The van der Waals surface area contributed by atoms with E-state index in [-0.39, 0.29) is 12.4 Å².